The maximum Gasteiger partial charge on any atom is 0.305 e. The number of carbonyl (C=O) groups excluding carboxylic acids is 1. The number of ether oxygens (including phenoxy) is 1. The molecule has 0 saturated heterocycles. The molecule has 0 amide bonds. The molecule has 0 aromatic rings. The van der Waals surface area contributed by atoms with Crippen LogP contribution in [0.15, 0.2) is 0 Å². The van der Waals surface area contributed by atoms with Crippen molar-refractivity contribution in [1.82, 2.24) is 0 Å². The number of carbonyl (C=O) groups is 1. The quantitative estimate of drug-likeness (QED) is 0.297. The molecule has 4 rings (SSSR count). The van der Waals surface area contributed by atoms with Gasteiger partial charge in [-0.15, -0.1) is 0 Å². The summed E-state index contributed by atoms with van der Waals surface area (Å²) in [5.41, 5.74) is 6.66. The van der Waals surface area contributed by atoms with Crippen LogP contribution in [-0.4, -0.2) is 23.5 Å². The zero-order valence-corrected chi connectivity index (χ0v) is 20.9. The summed E-state index contributed by atoms with van der Waals surface area (Å²) in [5.74, 6) is 4.79. The van der Waals surface area contributed by atoms with Crippen LogP contribution in [0.3, 0.4) is 0 Å². The highest BCUT2D eigenvalue weighted by Crippen LogP contribution is 2.68. The van der Waals surface area contributed by atoms with E-state index in [9.17, 15) is 4.79 Å². The van der Waals surface area contributed by atoms with Crippen LogP contribution in [0.2, 0.25) is 0 Å². The molecular weight excluding hydrogens is 404 g/mol. The number of nitrogens with one attached hydrogen (secondary N) is 1. The van der Waals surface area contributed by atoms with E-state index in [1.54, 1.807) is 11.8 Å². The van der Waals surface area contributed by atoms with Crippen LogP contribution in [0.4, 0.5) is 0 Å². The highest BCUT2D eigenvalue weighted by molar-refractivity contribution is 8.14. The van der Waals surface area contributed by atoms with Gasteiger partial charge < -0.3 is 10.5 Å². The molecule has 4 saturated carbocycles. The van der Waals surface area contributed by atoms with Crippen LogP contribution in [0.25, 0.3) is 0 Å². The molecule has 0 aliphatic heterocycles. The third kappa shape index (κ3) is 4.17. The number of fused-ring (bicyclic) bond motifs is 5. The standard InChI is InChI=1S/C26H44N2O2S/c1-16(5-10-23(29)30-4)20-8-9-21-19-7-6-17-15-18(31-24(27)28)11-13-25(17,2)22(19)12-14-26(20,21)3/h16-22H,5-15H2,1-4H3,(H3,27,28)/t16-,17+,18+,19+,20-,21+,22+,25+,26-/m1/s1. The molecule has 0 aromatic heterocycles. The van der Waals surface area contributed by atoms with Crippen LogP contribution in [0.5, 0.6) is 0 Å². The fourth-order valence-corrected chi connectivity index (χ4v) is 10.1. The van der Waals surface area contributed by atoms with Crippen LogP contribution in [0.1, 0.15) is 91.4 Å². The number of methoxy groups -OCH3 is 1. The highest BCUT2D eigenvalue weighted by Gasteiger charge is 2.60. The van der Waals surface area contributed by atoms with E-state index in [-0.39, 0.29) is 5.97 Å². The Balaban J connectivity index is 1.45. The zero-order valence-electron chi connectivity index (χ0n) is 20.1. The fourth-order valence-electron chi connectivity index (χ4n) is 9.13. The Labute approximate surface area is 193 Å². The molecule has 0 heterocycles. The lowest BCUT2D eigenvalue weighted by molar-refractivity contribution is -0.141. The number of hydrogen-bond acceptors (Lipinski definition) is 4. The molecule has 0 radical (unpaired) electrons. The van der Waals surface area contributed by atoms with E-state index in [2.05, 4.69) is 20.8 Å². The Kier molecular flexibility index (Phi) is 6.74. The van der Waals surface area contributed by atoms with Gasteiger partial charge in [0.05, 0.1) is 7.11 Å². The van der Waals surface area contributed by atoms with E-state index in [0.29, 0.717) is 33.6 Å². The van der Waals surface area contributed by atoms with Crippen LogP contribution in [0, 0.1) is 51.7 Å². The first-order chi connectivity index (χ1) is 14.7. The van der Waals surface area contributed by atoms with Crippen molar-refractivity contribution in [3.8, 4) is 0 Å². The lowest BCUT2D eigenvalue weighted by atomic mass is 9.44. The van der Waals surface area contributed by atoms with Crippen molar-refractivity contribution in [3.63, 3.8) is 0 Å². The summed E-state index contributed by atoms with van der Waals surface area (Å²) in [4.78, 5) is 11.7. The van der Waals surface area contributed by atoms with Gasteiger partial charge in [-0.3, -0.25) is 10.2 Å². The van der Waals surface area contributed by atoms with Gasteiger partial charge in [-0.2, -0.15) is 0 Å². The van der Waals surface area contributed by atoms with Crippen molar-refractivity contribution in [2.75, 3.05) is 7.11 Å². The monoisotopic (exact) mass is 448 g/mol. The topological polar surface area (TPSA) is 76.2 Å². The second-order valence-corrected chi connectivity index (χ2v) is 13.2. The van der Waals surface area contributed by atoms with Gasteiger partial charge >= 0.3 is 5.97 Å². The van der Waals surface area contributed by atoms with Gasteiger partial charge in [0, 0.05) is 11.7 Å². The molecule has 0 spiro atoms. The Bertz CT molecular complexity index is 699. The molecule has 0 unspecified atom stereocenters. The molecule has 4 fully saturated rings. The minimum absolute atomic E-state index is 0.0555. The average Bonchev–Trinajstić information content (AvgIpc) is 3.09. The Morgan fingerprint density at radius 1 is 1.10 bits per heavy atom. The largest absolute Gasteiger partial charge is 0.469 e. The molecule has 5 heteroatoms. The van der Waals surface area contributed by atoms with Crippen molar-refractivity contribution in [1.29, 1.82) is 5.41 Å². The van der Waals surface area contributed by atoms with Gasteiger partial charge in [0.2, 0.25) is 0 Å². The van der Waals surface area contributed by atoms with Crippen LogP contribution in [-0.2, 0) is 9.53 Å². The van der Waals surface area contributed by atoms with Crippen molar-refractivity contribution in [2.45, 2.75) is 96.7 Å². The highest BCUT2D eigenvalue weighted by atomic mass is 32.2. The first kappa shape index (κ1) is 23.4. The van der Waals surface area contributed by atoms with Crippen molar-refractivity contribution in [3.05, 3.63) is 0 Å². The third-order valence-corrected chi connectivity index (χ3v) is 11.7. The summed E-state index contributed by atoms with van der Waals surface area (Å²) >= 11 is 1.61. The van der Waals surface area contributed by atoms with Crippen molar-refractivity contribution < 1.29 is 9.53 Å². The van der Waals surface area contributed by atoms with Gasteiger partial charge in [-0.1, -0.05) is 32.5 Å². The zero-order chi connectivity index (χ0) is 22.4. The van der Waals surface area contributed by atoms with Gasteiger partial charge in [-0.25, -0.2) is 0 Å². The molecule has 3 N–H and O–H groups in total. The lowest BCUT2D eigenvalue weighted by Crippen LogP contribution is -2.54. The summed E-state index contributed by atoms with van der Waals surface area (Å²) in [6, 6.07) is 0. The molecule has 176 valence electrons. The molecule has 4 aliphatic carbocycles. The maximum absolute atomic E-state index is 11.7. The van der Waals surface area contributed by atoms with Crippen LogP contribution >= 0.6 is 11.8 Å². The minimum Gasteiger partial charge on any atom is -0.469 e. The predicted octanol–water partition coefficient (Wildman–Crippen LogP) is 6.23. The first-order valence-electron chi connectivity index (χ1n) is 12.8. The van der Waals surface area contributed by atoms with Gasteiger partial charge in [-0.05, 0) is 111 Å². The number of rotatable bonds is 5. The summed E-state index contributed by atoms with van der Waals surface area (Å²) in [6.07, 6.45) is 13.7. The first-order valence-corrected chi connectivity index (χ1v) is 13.6. The summed E-state index contributed by atoms with van der Waals surface area (Å²) in [6.45, 7) is 7.62. The number of nitrogens with two attached hydrogens (primary N) is 1. The van der Waals surface area contributed by atoms with E-state index in [0.717, 1.165) is 36.0 Å². The molecular formula is C26H44N2O2S. The Morgan fingerprint density at radius 2 is 1.81 bits per heavy atom. The number of thioether (sulfide) groups is 1. The lowest BCUT2D eigenvalue weighted by Gasteiger charge is -2.61. The Hall–Kier alpha value is -0.710. The summed E-state index contributed by atoms with van der Waals surface area (Å²) < 4.78 is 4.90. The number of amidine groups is 1. The van der Waals surface area contributed by atoms with E-state index in [4.69, 9.17) is 15.9 Å². The predicted molar refractivity (Wildman–Crippen MR) is 129 cm³/mol. The minimum atomic E-state index is -0.0555. The molecule has 4 nitrogen and oxygen atoms in total. The van der Waals surface area contributed by atoms with E-state index in [1.165, 1.54) is 64.9 Å². The second kappa shape index (κ2) is 8.91. The number of esters is 1. The molecule has 4 aliphatic rings. The smallest absolute Gasteiger partial charge is 0.305 e. The third-order valence-electron chi connectivity index (χ3n) is 10.7. The maximum atomic E-state index is 11.7. The second-order valence-electron chi connectivity index (χ2n) is 11.9. The molecule has 31 heavy (non-hydrogen) atoms. The average molecular weight is 449 g/mol. The normalized spacial score (nSPS) is 45.2. The summed E-state index contributed by atoms with van der Waals surface area (Å²) in [5, 5.41) is 8.56. The summed E-state index contributed by atoms with van der Waals surface area (Å²) in [7, 11) is 1.50. The molecule has 0 bridgehead atoms. The van der Waals surface area contributed by atoms with Gasteiger partial charge in [0.1, 0.15) is 0 Å². The van der Waals surface area contributed by atoms with Crippen molar-refractivity contribution >= 4 is 22.9 Å². The Morgan fingerprint density at radius 3 is 2.52 bits per heavy atom. The molecule has 9 atom stereocenters. The molecule has 0 aromatic carbocycles. The van der Waals surface area contributed by atoms with Crippen LogP contribution < -0.4 is 5.73 Å². The van der Waals surface area contributed by atoms with E-state index in [1.807, 2.05) is 0 Å². The van der Waals surface area contributed by atoms with Gasteiger partial charge in [0.15, 0.2) is 5.17 Å². The van der Waals surface area contributed by atoms with E-state index >= 15 is 0 Å². The van der Waals surface area contributed by atoms with Crippen molar-refractivity contribution in [2.24, 2.45) is 52.1 Å². The van der Waals surface area contributed by atoms with Gasteiger partial charge in [0.25, 0.3) is 0 Å². The fraction of sp³-hybridized carbons (Fsp3) is 0.923. The number of hydrogen-bond donors (Lipinski definition) is 2. The van der Waals surface area contributed by atoms with E-state index < -0.39 is 0 Å². The SMILES string of the molecule is COC(=O)CC[C@@H](C)[C@H]1CC[C@H]2[C@@H]3CC[C@H]4C[C@@H](SC(=N)N)CC[C@]4(C)[C@H]3CC[C@]12C.